The van der Waals surface area contributed by atoms with E-state index < -0.39 is 26.8 Å². The van der Waals surface area contributed by atoms with Crippen molar-refractivity contribution in [1.29, 1.82) is 0 Å². The Bertz CT molecular complexity index is 982. The smallest absolute Gasteiger partial charge is 0.410 e. The summed E-state index contributed by atoms with van der Waals surface area (Å²) in [6.07, 6.45) is -0.163. The second-order valence-corrected chi connectivity index (χ2v) is 11.0. The first-order chi connectivity index (χ1) is 14.0. The minimum absolute atomic E-state index is 0.0973. The molecule has 0 spiro atoms. The molecule has 1 aliphatic rings. The quantitative estimate of drug-likeness (QED) is 0.638. The maximum Gasteiger partial charge on any atom is 0.410 e. The monoisotopic (exact) mass is 451 g/mol. The van der Waals surface area contributed by atoms with Gasteiger partial charge in [-0.05, 0) is 69.2 Å². The van der Waals surface area contributed by atoms with Crippen LogP contribution in [0.3, 0.4) is 0 Å². The molecule has 1 saturated heterocycles. The normalized spacial score (nSPS) is 19.1. The van der Waals surface area contributed by atoms with E-state index in [4.69, 9.17) is 21.1 Å². The van der Waals surface area contributed by atoms with Crippen molar-refractivity contribution in [1.82, 2.24) is 4.90 Å². The number of amides is 1. The van der Waals surface area contributed by atoms with Crippen molar-refractivity contribution in [2.75, 3.05) is 18.8 Å². The molecule has 0 radical (unpaired) electrons. The van der Waals surface area contributed by atoms with Crippen LogP contribution in [0.4, 0.5) is 4.79 Å². The number of nitrogens with zero attached hydrogens (tertiary/aromatic N) is 1. The van der Waals surface area contributed by atoms with E-state index in [2.05, 4.69) is 0 Å². The van der Waals surface area contributed by atoms with Gasteiger partial charge in [0.2, 0.25) is 0 Å². The molecule has 1 amide bonds. The van der Waals surface area contributed by atoms with Crippen LogP contribution in [0.25, 0.3) is 0 Å². The lowest BCUT2D eigenvalue weighted by Gasteiger charge is -2.26. The molecule has 1 atom stereocenters. The number of hydrogen-bond donors (Lipinski definition) is 0. The Morgan fingerprint density at radius 1 is 1.00 bits per heavy atom. The van der Waals surface area contributed by atoms with Crippen molar-refractivity contribution in [3.05, 3.63) is 59.1 Å². The van der Waals surface area contributed by atoms with Crippen molar-refractivity contribution in [2.45, 2.75) is 38.0 Å². The first-order valence-corrected chi connectivity index (χ1v) is 11.9. The Hall–Kier alpha value is -2.25. The Morgan fingerprint density at radius 2 is 1.57 bits per heavy atom. The van der Waals surface area contributed by atoms with E-state index in [0.29, 0.717) is 35.1 Å². The molecule has 1 unspecified atom stereocenters. The number of carbonyl (C=O) groups excluding carboxylic acids is 1. The number of carbonyl (C=O) groups is 1. The Morgan fingerprint density at radius 3 is 2.13 bits per heavy atom. The fourth-order valence-electron chi connectivity index (χ4n) is 3.22. The van der Waals surface area contributed by atoms with Crippen molar-refractivity contribution >= 4 is 27.5 Å². The SMILES string of the molecule is CC(C)(C)OC(=O)N1CCC(c2ccc(Oc3ccc(Cl)cc3)cc2)S(=O)(=O)CC1. The maximum absolute atomic E-state index is 12.8. The molecule has 6 nitrogen and oxygen atoms in total. The maximum atomic E-state index is 12.8. The second kappa shape index (κ2) is 8.86. The largest absolute Gasteiger partial charge is 0.457 e. The Labute approximate surface area is 182 Å². The zero-order chi connectivity index (χ0) is 21.9. The fraction of sp³-hybridized carbons (Fsp3) is 0.409. The van der Waals surface area contributed by atoms with Crippen LogP contribution in [0.15, 0.2) is 48.5 Å². The van der Waals surface area contributed by atoms with Gasteiger partial charge in [-0.25, -0.2) is 13.2 Å². The molecule has 1 heterocycles. The van der Waals surface area contributed by atoms with Gasteiger partial charge in [0.1, 0.15) is 17.1 Å². The molecular weight excluding hydrogens is 426 g/mol. The number of ether oxygens (including phenoxy) is 2. The molecule has 2 aromatic rings. The predicted molar refractivity (Wildman–Crippen MR) is 117 cm³/mol. The summed E-state index contributed by atoms with van der Waals surface area (Å²) in [6.45, 7) is 5.81. The Kier molecular flexibility index (Phi) is 6.62. The average molecular weight is 452 g/mol. The van der Waals surface area contributed by atoms with Crippen LogP contribution in [-0.2, 0) is 14.6 Å². The highest BCUT2D eigenvalue weighted by molar-refractivity contribution is 7.91. The third-order valence-electron chi connectivity index (χ3n) is 4.69. The van der Waals surface area contributed by atoms with Gasteiger partial charge in [0.05, 0.1) is 11.0 Å². The van der Waals surface area contributed by atoms with Crippen LogP contribution in [0.2, 0.25) is 5.02 Å². The van der Waals surface area contributed by atoms with Crippen LogP contribution in [-0.4, -0.2) is 43.9 Å². The molecule has 0 N–H and O–H groups in total. The van der Waals surface area contributed by atoms with Crippen LogP contribution in [0, 0.1) is 0 Å². The molecule has 8 heteroatoms. The van der Waals surface area contributed by atoms with Crippen molar-refractivity contribution in [2.24, 2.45) is 0 Å². The van der Waals surface area contributed by atoms with E-state index in [0.717, 1.165) is 0 Å². The van der Waals surface area contributed by atoms with Crippen molar-refractivity contribution < 1.29 is 22.7 Å². The zero-order valence-corrected chi connectivity index (χ0v) is 18.9. The van der Waals surface area contributed by atoms with Crippen LogP contribution in [0.1, 0.15) is 38.0 Å². The summed E-state index contributed by atoms with van der Waals surface area (Å²) in [4.78, 5) is 13.8. The van der Waals surface area contributed by atoms with E-state index in [9.17, 15) is 13.2 Å². The van der Waals surface area contributed by atoms with Gasteiger partial charge in [0.25, 0.3) is 0 Å². The molecule has 30 heavy (non-hydrogen) atoms. The van der Waals surface area contributed by atoms with E-state index in [1.165, 1.54) is 4.90 Å². The summed E-state index contributed by atoms with van der Waals surface area (Å²) in [7, 11) is -3.40. The second-order valence-electron chi connectivity index (χ2n) is 8.24. The number of rotatable bonds is 3. The van der Waals surface area contributed by atoms with Gasteiger partial charge in [-0.2, -0.15) is 0 Å². The van der Waals surface area contributed by atoms with E-state index in [-0.39, 0.29) is 12.3 Å². The Balaban J connectivity index is 1.71. The van der Waals surface area contributed by atoms with Gasteiger partial charge < -0.3 is 14.4 Å². The summed E-state index contributed by atoms with van der Waals surface area (Å²) in [6, 6.07) is 14.0. The molecule has 1 fully saturated rings. The standard InChI is InChI=1S/C22H26ClNO5S/c1-22(2,3)29-21(25)24-13-12-20(30(26,27)15-14-24)16-4-8-18(9-5-16)28-19-10-6-17(23)7-11-19/h4-11,20H,12-15H2,1-3H3. The highest BCUT2D eigenvalue weighted by Gasteiger charge is 2.34. The summed E-state index contributed by atoms with van der Waals surface area (Å²) in [5.74, 6) is 1.14. The molecule has 162 valence electrons. The number of hydrogen-bond acceptors (Lipinski definition) is 5. The lowest BCUT2D eigenvalue weighted by atomic mass is 10.1. The molecule has 0 saturated carbocycles. The van der Waals surface area contributed by atoms with Gasteiger partial charge in [0.15, 0.2) is 9.84 Å². The van der Waals surface area contributed by atoms with Gasteiger partial charge in [0, 0.05) is 18.1 Å². The fourth-order valence-corrected chi connectivity index (χ4v) is 5.14. The highest BCUT2D eigenvalue weighted by atomic mass is 35.5. The zero-order valence-electron chi connectivity index (χ0n) is 17.3. The van der Waals surface area contributed by atoms with Crippen LogP contribution >= 0.6 is 11.6 Å². The number of benzene rings is 2. The minimum atomic E-state index is -3.40. The lowest BCUT2D eigenvalue weighted by molar-refractivity contribution is 0.0263. The molecule has 0 aliphatic carbocycles. The first-order valence-electron chi connectivity index (χ1n) is 9.76. The van der Waals surface area contributed by atoms with E-state index in [1.54, 1.807) is 69.3 Å². The van der Waals surface area contributed by atoms with Gasteiger partial charge in [-0.15, -0.1) is 0 Å². The molecule has 0 aromatic heterocycles. The molecule has 0 bridgehead atoms. The third-order valence-corrected chi connectivity index (χ3v) is 7.07. The van der Waals surface area contributed by atoms with Crippen LogP contribution < -0.4 is 4.74 Å². The summed E-state index contributed by atoms with van der Waals surface area (Å²) in [5.41, 5.74) is 0.0613. The predicted octanol–water partition coefficient (Wildman–Crippen LogP) is 5.23. The topological polar surface area (TPSA) is 72.9 Å². The van der Waals surface area contributed by atoms with Gasteiger partial charge in [-0.1, -0.05) is 23.7 Å². The van der Waals surface area contributed by atoms with E-state index >= 15 is 0 Å². The number of halogens is 1. The molecule has 3 rings (SSSR count). The van der Waals surface area contributed by atoms with Gasteiger partial charge in [-0.3, -0.25) is 0 Å². The highest BCUT2D eigenvalue weighted by Crippen LogP contribution is 2.32. The number of sulfone groups is 1. The van der Waals surface area contributed by atoms with Crippen molar-refractivity contribution in [3.8, 4) is 11.5 Å². The minimum Gasteiger partial charge on any atom is -0.457 e. The summed E-state index contributed by atoms with van der Waals surface area (Å²) >= 11 is 5.88. The molecule has 1 aliphatic heterocycles. The summed E-state index contributed by atoms with van der Waals surface area (Å²) < 4.78 is 36.8. The third kappa shape index (κ3) is 5.89. The van der Waals surface area contributed by atoms with Crippen molar-refractivity contribution in [3.63, 3.8) is 0 Å². The van der Waals surface area contributed by atoms with E-state index in [1.807, 2.05) is 0 Å². The van der Waals surface area contributed by atoms with Crippen LogP contribution in [0.5, 0.6) is 11.5 Å². The first kappa shape index (κ1) is 22.4. The van der Waals surface area contributed by atoms with Gasteiger partial charge >= 0.3 is 6.09 Å². The average Bonchev–Trinajstić information content (AvgIpc) is 2.81. The molecular formula is C22H26ClNO5S. The summed E-state index contributed by atoms with van der Waals surface area (Å²) in [5, 5.41) is -0.0498. The molecule has 2 aromatic carbocycles. The lowest BCUT2D eigenvalue weighted by Crippen LogP contribution is -2.38.